The van der Waals surface area contributed by atoms with E-state index in [9.17, 15) is 4.39 Å². The number of H-pyrrole nitrogens is 1. The van der Waals surface area contributed by atoms with Crippen LogP contribution in [0.3, 0.4) is 0 Å². The Bertz CT molecular complexity index is 920. The number of aromatic amines is 1. The molecule has 3 rings (SSSR count). The largest absolute Gasteiger partial charge is 0.330 e. The standard InChI is InChI=1S/C14H7ClFN3S/c15-10-5-8(7-17)1-3-12(10)19-13-4-2-9(16)6-11(13)18-14(19)20/h1-6H,(H,18,20). The third-order valence-electron chi connectivity index (χ3n) is 2.96. The summed E-state index contributed by atoms with van der Waals surface area (Å²) in [5.41, 5.74) is 2.43. The molecular weight excluding hydrogens is 297 g/mol. The van der Waals surface area contributed by atoms with E-state index < -0.39 is 0 Å². The van der Waals surface area contributed by atoms with Crippen LogP contribution in [0.4, 0.5) is 4.39 Å². The number of hydrogen-bond acceptors (Lipinski definition) is 2. The number of nitrogens with one attached hydrogen (secondary N) is 1. The minimum absolute atomic E-state index is 0.341. The molecule has 0 atom stereocenters. The van der Waals surface area contributed by atoms with Crippen molar-refractivity contribution in [1.82, 2.24) is 9.55 Å². The number of benzene rings is 2. The summed E-state index contributed by atoms with van der Waals surface area (Å²) < 4.78 is 15.4. The highest BCUT2D eigenvalue weighted by atomic mass is 35.5. The first kappa shape index (κ1) is 12.9. The number of nitriles is 1. The molecule has 0 fully saturated rings. The van der Waals surface area contributed by atoms with Gasteiger partial charge in [-0.25, -0.2) is 4.39 Å². The molecule has 3 nitrogen and oxygen atoms in total. The third-order valence-corrected chi connectivity index (χ3v) is 3.55. The van der Waals surface area contributed by atoms with Gasteiger partial charge in [0.05, 0.1) is 33.4 Å². The fourth-order valence-electron chi connectivity index (χ4n) is 2.08. The molecule has 1 heterocycles. The number of hydrogen-bond donors (Lipinski definition) is 1. The number of fused-ring (bicyclic) bond motifs is 1. The molecule has 0 saturated carbocycles. The molecule has 1 N–H and O–H groups in total. The number of nitrogens with zero attached hydrogens (tertiary/aromatic N) is 2. The van der Waals surface area contributed by atoms with Gasteiger partial charge in [-0.3, -0.25) is 4.57 Å². The van der Waals surface area contributed by atoms with E-state index in [4.69, 9.17) is 29.1 Å². The van der Waals surface area contributed by atoms with Gasteiger partial charge in [0, 0.05) is 0 Å². The molecule has 20 heavy (non-hydrogen) atoms. The van der Waals surface area contributed by atoms with Crippen molar-refractivity contribution in [3.8, 4) is 11.8 Å². The fraction of sp³-hybridized carbons (Fsp3) is 0. The van der Waals surface area contributed by atoms with Crippen molar-refractivity contribution in [3.05, 3.63) is 57.6 Å². The second-order valence-corrected chi connectivity index (χ2v) is 5.00. The van der Waals surface area contributed by atoms with E-state index in [1.807, 2.05) is 6.07 Å². The van der Waals surface area contributed by atoms with Crippen LogP contribution in [0.1, 0.15) is 5.56 Å². The van der Waals surface area contributed by atoms with Crippen LogP contribution in [0, 0.1) is 21.9 Å². The Morgan fingerprint density at radius 2 is 2.05 bits per heavy atom. The number of aromatic nitrogens is 2. The average Bonchev–Trinajstić information content (AvgIpc) is 2.73. The summed E-state index contributed by atoms with van der Waals surface area (Å²) in [4.78, 5) is 2.94. The zero-order valence-electron chi connectivity index (χ0n) is 10.0. The Balaban J connectivity index is 2.33. The first-order valence-electron chi connectivity index (χ1n) is 5.70. The normalized spacial score (nSPS) is 10.7. The molecule has 0 amide bonds. The van der Waals surface area contributed by atoms with E-state index in [1.54, 1.807) is 28.8 Å². The molecule has 98 valence electrons. The highest BCUT2D eigenvalue weighted by molar-refractivity contribution is 7.71. The van der Waals surface area contributed by atoms with Gasteiger partial charge >= 0.3 is 0 Å². The lowest BCUT2D eigenvalue weighted by atomic mass is 10.2. The molecule has 6 heteroatoms. The van der Waals surface area contributed by atoms with Crippen molar-refractivity contribution in [2.75, 3.05) is 0 Å². The summed E-state index contributed by atoms with van der Waals surface area (Å²) in [6.45, 7) is 0. The summed E-state index contributed by atoms with van der Waals surface area (Å²) in [5, 5.41) is 9.26. The van der Waals surface area contributed by atoms with Gasteiger partial charge in [-0.05, 0) is 48.6 Å². The van der Waals surface area contributed by atoms with E-state index in [0.29, 0.717) is 26.6 Å². The van der Waals surface area contributed by atoms with Crippen LogP contribution in [-0.4, -0.2) is 9.55 Å². The predicted molar refractivity (Wildman–Crippen MR) is 78.1 cm³/mol. The number of halogens is 2. The van der Waals surface area contributed by atoms with Crippen molar-refractivity contribution >= 4 is 34.9 Å². The Morgan fingerprint density at radius 1 is 1.25 bits per heavy atom. The number of rotatable bonds is 1. The summed E-state index contributed by atoms with van der Waals surface area (Å²) in [6.07, 6.45) is 0. The Hall–Kier alpha value is -2.16. The van der Waals surface area contributed by atoms with Gasteiger partial charge < -0.3 is 4.98 Å². The first-order valence-corrected chi connectivity index (χ1v) is 6.49. The molecule has 0 aliphatic heterocycles. The Morgan fingerprint density at radius 3 is 2.75 bits per heavy atom. The second-order valence-electron chi connectivity index (χ2n) is 4.21. The molecule has 0 bridgehead atoms. The highest BCUT2D eigenvalue weighted by Gasteiger charge is 2.10. The van der Waals surface area contributed by atoms with Crippen molar-refractivity contribution in [2.24, 2.45) is 0 Å². The van der Waals surface area contributed by atoms with E-state index in [1.165, 1.54) is 12.1 Å². The molecular formula is C14H7ClFN3S. The van der Waals surface area contributed by atoms with Crippen LogP contribution in [0.5, 0.6) is 0 Å². The van der Waals surface area contributed by atoms with Crippen LogP contribution in [0.25, 0.3) is 16.7 Å². The van der Waals surface area contributed by atoms with Crippen molar-refractivity contribution in [1.29, 1.82) is 5.26 Å². The summed E-state index contributed by atoms with van der Waals surface area (Å²) in [7, 11) is 0. The lowest BCUT2D eigenvalue weighted by Crippen LogP contribution is -1.95. The quantitative estimate of drug-likeness (QED) is 0.679. The monoisotopic (exact) mass is 303 g/mol. The minimum atomic E-state index is -0.341. The van der Waals surface area contributed by atoms with Crippen molar-refractivity contribution in [3.63, 3.8) is 0 Å². The topological polar surface area (TPSA) is 44.5 Å². The SMILES string of the molecule is N#Cc1ccc(-n2c(=S)[nH]c3cc(F)ccc32)c(Cl)c1. The summed E-state index contributed by atoms with van der Waals surface area (Å²) >= 11 is 11.5. The van der Waals surface area contributed by atoms with E-state index in [-0.39, 0.29) is 5.82 Å². The maximum atomic E-state index is 13.2. The smallest absolute Gasteiger partial charge is 0.182 e. The van der Waals surface area contributed by atoms with Crippen LogP contribution in [-0.2, 0) is 0 Å². The van der Waals surface area contributed by atoms with Gasteiger partial charge in [0.15, 0.2) is 4.77 Å². The summed E-state index contributed by atoms with van der Waals surface area (Å²) in [6, 6.07) is 11.3. The van der Waals surface area contributed by atoms with Gasteiger partial charge in [-0.2, -0.15) is 5.26 Å². The first-order chi connectivity index (χ1) is 9.60. The van der Waals surface area contributed by atoms with Crippen LogP contribution < -0.4 is 0 Å². The maximum Gasteiger partial charge on any atom is 0.182 e. The van der Waals surface area contributed by atoms with Gasteiger partial charge in [-0.1, -0.05) is 11.6 Å². The van der Waals surface area contributed by atoms with Gasteiger partial charge in [0.2, 0.25) is 0 Å². The van der Waals surface area contributed by atoms with Gasteiger partial charge in [0.1, 0.15) is 5.82 Å². The zero-order valence-corrected chi connectivity index (χ0v) is 11.6. The van der Waals surface area contributed by atoms with Crippen LogP contribution in [0.2, 0.25) is 5.02 Å². The zero-order chi connectivity index (χ0) is 14.3. The van der Waals surface area contributed by atoms with Gasteiger partial charge in [-0.15, -0.1) is 0 Å². The lowest BCUT2D eigenvalue weighted by Gasteiger charge is -2.07. The Labute approximate surface area is 123 Å². The predicted octanol–water partition coefficient (Wildman–Crippen LogP) is 4.35. The van der Waals surface area contributed by atoms with Gasteiger partial charge in [0.25, 0.3) is 0 Å². The highest BCUT2D eigenvalue weighted by Crippen LogP contribution is 2.26. The molecule has 0 saturated heterocycles. The van der Waals surface area contributed by atoms with E-state index in [0.717, 1.165) is 5.52 Å². The van der Waals surface area contributed by atoms with E-state index >= 15 is 0 Å². The lowest BCUT2D eigenvalue weighted by molar-refractivity contribution is 0.629. The molecule has 3 aromatic rings. The maximum absolute atomic E-state index is 13.2. The van der Waals surface area contributed by atoms with E-state index in [2.05, 4.69) is 4.98 Å². The Kier molecular flexibility index (Phi) is 3.05. The average molecular weight is 304 g/mol. The third kappa shape index (κ3) is 1.99. The molecule has 0 radical (unpaired) electrons. The molecule has 0 aliphatic carbocycles. The fourth-order valence-corrected chi connectivity index (χ4v) is 2.65. The van der Waals surface area contributed by atoms with Crippen molar-refractivity contribution in [2.45, 2.75) is 0 Å². The molecule has 0 spiro atoms. The van der Waals surface area contributed by atoms with Crippen LogP contribution >= 0.6 is 23.8 Å². The van der Waals surface area contributed by atoms with Crippen molar-refractivity contribution < 1.29 is 4.39 Å². The molecule has 2 aromatic carbocycles. The second kappa shape index (κ2) is 4.75. The summed E-state index contributed by atoms with van der Waals surface area (Å²) in [5.74, 6) is -0.341. The molecule has 0 unspecified atom stereocenters. The van der Waals surface area contributed by atoms with Crippen LogP contribution in [0.15, 0.2) is 36.4 Å². The molecule has 1 aromatic heterocycles. The number of imidazole rings is 1. The minimum Gasteiger partial charge on any atom is -0.330 e. The molecule has 0 aliphatic rings.